The second kappa shape index (κ2) is 57.2. The van der Waals surface area contributed by atoms with Crippen LogP contribution in [0.3, 0.4) is 0 Å². The second-order valence-corrected chi connectivity index (χ2v) is 19.1. The number of esters is 3. The van der Waals surface area contributed by atoms with Crippen molar-refractivity contribution in [3.05, 3.63) is 85.1 Å². The van der Waals surface area contributed by atoms with Crippen LogP contribution in [0.4, 0.5) is 0 Å². The minimum absolute atomic E-state index is 0.0797. The SMILES string of the molecule is CC/C=C\C/C=C\C/C=C\C/C=C\CCCCCCCCCCCCC(=O)OCC(COC(=O)CCCCCCCCCCCCC)OC(=O)CCCCCCCCC/C=C\C/C=C\C/C=C\CC. The molecular weight excluding hydrogens is 853 g/mol. The Hall–Kier alpha value is -3.41. The molecule has 0 bridgehead atoms. The van der Waals surface area contributed by atoms with E-state index < -0.39 is 6.10 Å². The molecule has 69 heavy (non-hydrogen) atoms. The fraction of sp³-hybridized carbons (Fsp3) is 0.730. The maximum absolute atomic E-state index is 12.8. The molecule has 0 aliphatic heterocycles. The van der Waals surface area contributed by atoms with Crippen LogP contribution in [0.5, 0.6) is 0 Å². The number of allylic oxidation sites excluding steroid dienone is 14. The fourth-order valence-corrected chi connectivity index (χ4v) is 8.10. The van der Waals surface area contributed by atoms with Crippen molar-refractivity contribution in [1.29, 1.82) is 0 Å². The minimum Gasteiger partial charge on any atom is -0.462 e. The van der Waals surface area contributed by atoms with Gasteiger partial charge in [0.15, 0.2) is 6.10 Å². The summed E-state index contributed by atoms with van der Waals surface area (Å²) in [5.41, 5.74) is 0. The number of carbonyl (C=O) groups is 3. The smallest absolute Gasteiger partial charge is 0.306 e. The van der Waals surface area contributed by atoms with Crippen LogP contribution < -0.4 is 0 Å². The molecule has 0 aromatic rings. The van der Waals surface area contributed by atoms with Gasteiger partial charge in [-0.3, -0.25) is 14.4 Å². The van der Waals surface area contributed by atoms with E-state index in [1.807, 2.05) is 0 Å². The van der Waals surface area contributed by atoms with Crippen molar-refractivity contribution in [3.63, 3.8) is 0 Å². The molecule has 0 saturated carbocycles. The van der Waals surface area contributed by atoms with Crippen LogP contribution in [0.15, 0.2) is 85.1 Å². The van der Waals surface area contributed by atoms with Crippen LogP contribution in [0, 0.1) is 0 Å². The molecule has 6 nitrogen and oxygen atoms in total. The summed E-state index contributed by atoms with van der Waals surface area (Å²) in [7, 11) is 0. The van der Waals surface area contributed by atoms with E-state index in [1.165, 1.54) is 128 Å². The van der Waals surface area contributed by atoms with Crippen molar-refractivity contribution in [1.82, 2.24) is 0 Å². The number of hydrogen-bond donors (Lipinski definition) is 0. The van der Waals surface area contributed by atoms with Gasteiger partial charge in [-0.2, -0.15) is 0 Å². The van der Waals surface area contributed by atoms with Crippen molar-refractivity contribution in [2.24, 2.45) is 0 Å². The molecule has 6 heteroatoms. The van der Waals surface area contributed by atoms with Crippen molar-refractivity contribution in [3.8, 4) is 0 Å². The number of rotatable bonds is 52. The van der Waals surface area contributed by atoms with Gasteiger partial charge in [-0.05, 0) is 89.9 Å². The van der Waals surface area contributed by atoms with Gasteiger partial charge in [0.1, 0.15) is 13.2 Å². The van der Waals surface area contributed by atoms with Crippen LogP contribution in [0.2, 0.25) is 0 Å². The number of carbonyl (C=O) groups excluding carboxylic acids is 3. The maximum atomic E-state index is 12.8. The van der Waals surface area contributed by atoms with Crippen LogP contribution >= 0.6 is 0 Å². The summed E-state index contributed by atoms with van der Waals surface area (Å²) >= 11 is 0. The normalized spacial score (nSPS) is 12.7. The lowest BCUT2D eigenvalue weighted by atomic mass is 10.1. The van der Waals surface area contributed by atoms with Gasteiger partial charge in [-0.25, -0.2) is 0 Å². The molecule has 0 aliphatic carbocycles. The Balaban J connectivity index is 4.31. The highest BCUT2D eigenvalue weighted by atomic mass is 16.6. The first-order valence-electron chi connectivity index (χ1n) is 29.1. The Kier molecular flexibility index (Phi) is 54.3. The van der Waals surface area contributed by atoms with Crippen LogP contribution in [0.25, 0.3) is 0 Å². The van der Waals surface area contributed by atoms with Gasteiger partial charge in [0.2, 0.25) is 0 Å². The summed E-state index contributed by atoms with van der Waals surface area (Å²) in [6.07, 6.45) is 74.3. The highest BCUT2D eigenvalue weighted by Crippen LogP contribution is 2.16. The lowest BCUT2D eigenvalue weighted by molar-refractivity contribution is -0.167. The monoisotopic (exact) mass is 961 g/mol. The number of unbranched alkanes of at least 4 members (excludes halogenated alkanes) is 27. The molecular formula is C63H108O6. The summed E-state index contributed by atoms with van der Waals surface area (Å²) in [5, 5.41) is 0. The van der Waals surface area contributed by atoms with Gasteiger partial charge in [0.25, 0.3) is 0 Å². The summed E-state index contributed by atoms with van der Waals surface area (Å²) in [6.45, 7) is 6.42. The number of hydrogen-bond acceptors (Lipinski definition) is 6. The van der Waals surface area contributed by atoms with E-state index in [2.05, 4.69) is 106 Å². The molecule has 0 heterocycles. The Morgan fingerprint density at radius 2 is 0.565 bits per heavy atom. The highest BCUT2D eigenvalue weighted by molar-refractivity contribution is 5.71. The predicted molar refractivity (Wildman–Crippen MR) is 297 cm³/mol. The minimum atomic E-state index is -0.782. The third kappa shape index (κ3) is 55.4. The molecule has 1 atom stereocenters. The quantitative estimate of drug-likeness (QED) is 0.0262. The molecule has 0 aromatic carbocycles. The maximum Gasteiger partial charge on any atom is 0.306 e. The van der Waals surface area contributed by atoms with Gasteiger partial charge in [-0.15, -0.1) is 0 Å². The molecule has 0 fully saturated rings. The van der Waals surface area contributed by atoms with Crippen molar-refractivity contribution in [2.75, 3.05) is 13.2 Å². The Labute approximate surface area is 426 Å². The van der Waals surface area contributed by atoms with E-state index >= 15 is 0 Å². The van der Waals surface area contributed by atoms with E-state index in [0.717, 1.165) is 109 Å². The molecule has 0 N–H and O–H groups in total. The van der Waals surface area contributed by atoms with E-state index in [0.29, 0.717) is 19.3 Å². The van der Waals surface area contributed by atoms with Crippen LogP contribution in [0.1, 0.15) is 278 Å². The molecule has 0 aromatic heterocycles. The average Bonchev–Trinajstić information content (AvgIpc) is 3.35. The first-order chi connectivity index (χ1) is 34.0. The van der Waals surface area contributed by atoms with Gasteiger partial charge in [-0.1, -0.05) is 254 Å². The molecule has 0 spiro atoms. The van der Waals surface area contributed by atoms with Crippen molar-refractivity contribution < 1.29 is 28.6 Å². The van der Waals surface area contributed by atoms with Crippen LogP contribution in [-0.4, -0.2) is 37.2 Å². The average molecular weight is 962 g/mol. The van der Waals surface area contributed by atoms with Gasteiger partial charge < -0.3 is 14.2 Å². The third-order valence-electron chi connectivity index (χ3n) is 12.4. The molecule has 0 rings (SSSR count). The van der Waals surface area contributed by atoms with Crippen LogP contribution in [-0.2, 0) is 28.6 Å². The zero-order valence-electron chi connectivity index (χ0n) is 45.3. The zero-order chi connectivity index (χ0) is 50.0. The summed E-state index contributed by atoms with van der Waals surface area (Å²) in [5.74, 6) is -0.888. The Morgan fingerprint density at radius 3 is 0.884 bits per heavy atom. The Bertz CT molecular complexity index is 1330. The zero-order valence-corrected chi connectivity index (χ0v) is 45.3. The van der Waals surface area contributed by atoms with E-state index in [4.69, 9.17) is 14.2 Å². The van der Waals surface area contributed by atoms with Crippen molar-refractivity contribution >= 4 is 17.9 Å². The fourth-order valence-electron chi connectivity index (χ4n) is 8.10. The molecule has 396 valence electrons. The highest BCUT2D eigenvalue weighted by Gasteiger charge is 2.19. The van der Waals surface area contributed by atoms with Gasteiger partial charge in [0.05, 0.1) is 0 Å². The van der Waals surface area contributed by atoms with Gasteiger partial charge >= 0.3 is 17.9 Å². The summed E-state index contributed by atoms with van der Waals surface area (Å²) in [6, 6.07) is 0. The summed E-state index contributed by atoms with van der Waals surface area (Å²) < 4.78 is 16.9. The summed E-state index contributed by atoms with van der Waals surface area (Å²) in [4.78, 5) is 38.1. The standard InChI is InChI=1S/C63H108O6/c1-4-7-10-13-16-19-22-24-26-28-29-30-31-32-33-35-36-38-41-44-47-50-53-56-62(65)68-59-60(58-67-61(64)55-52-49-46-43-40-21-18-15-12-9-6-3)69-63(66)57-54-51-48-45-42-39-37-34-27-25-23-20-17-14-11-8-5-2/h7-8,10-11,16-17,19-20,24-27,29-30,60H,4-6,9,12-15,18,21-23,28,31-59H2,1-3H3/b10-7-,11-8-,19-16-,20-17-,26-24-,27-25-,30-29-. The predicted octanol–water partition coefficient (Wildman–Crippen LogP) is 19.5. The topological polar surface area (TPSA) is 78.9 Å². The van der Waals surface area contributed by atoms with E-state index in [9.17, 15) is 14.4 Å². The lowest BCUT2D eigenvalue weighted by Crippen LogP contribution is -2.30. The molecule has 0 radical (unpaired) electrons. The first-order valence-corrected chi connectivity index (χ1v) is 29.1. The van der Waals surface area contributed by atoms with Gasteiger partial charge in [0, 0.05) is 19.3 Å². The first kappa shape index (κ1) is 65.6. The van der Waals surface area contributed by atoms with E-state index in [-0.39, 0.29) is 31.1 Å². The largest absolute Gasteiger partial charge is 0.462 e. The molecule has 0 aliphatic rings. The second-order valence-electron chi connectivity index (χ2n) is 19.1. The van der Waals surface area contributed by atoms with Crippen molar-refractivity contribution in [2.45, 2.75) is 284 Å². The Morgan fingerprint density at radius 1 is 0.304 bits per heavy atom. The van der Waals surface area contributed by atoms with E-state index in [1.54, 1.807) is 0 Å². The number of ether oxygens (including phenoxy) is 3. The molecule has 0 amide bonds. The third-order valence-corrected chi connectivity index (χ3v) is 12.4. The molecule has 1 unspecified atom stereocenters. The molecule has 0 saturated heterocycles. The lowest BCUT2D eigenvalue weighted by Gasteiger charge is -2.18.